The van der Waals surface area contributed by atoms with Gasteiger partial charge in [-0.15, -0.1) is 0 Å². The normalized spacial score (nSPS) is 17.1. The first-order valence-corrected chi connectivity index (χ1v) is 4.93. The smallest absolute Gasteiger partial charge is 0.144 e. The van der Waals surface area contributed by atoms with Gasteiger partial charge in [0.15, 0.2) is 0 Å². The fourth-order valence-corrected chi connectivity index (χ4v) is 1.54. The molecular weight excluding hydrogens is 174 g/mol. The molecule has 0 spiro atoms. The molecule has 1 aromatic heterocycles. The van der Waals surface area contributed by atoms with Gasteiger partial charge in [0.05, 0.1) is 5.56 Å². The molecule has 0 aliphatic heterocycles. The Hall–Kier alpha value is -1.56. The summed E-state index contributed by atoms with van der Waals surface area (Å²) in [5.74, 6) is 1.48. The minimum Gasteiger partial charge on any atom is -0.366 e. The Kier molecular flexibility index (Phi) is 2.36. The van der Waals surface area contributed by atoms with Crippen molar-refractivity contribution in [1.82, 2.24) is 4.98 Å². The molecule has 1 saturated carbocycles. The van der Waals surface area contributed by atoms with Crippen LogP contribution in [-0.2, 0) is 0 Å². The van der Waals surface area contributed by atoms with E-state index in [9.17, 15) is 0 Å². The molecule has 3 nitrogen and oxygen atoms in total. The van der Waals surface area contributed by atoms with Gasteiger partial charge in [0.2, 0.25) is 0 Å². The van der Waals surface area contributed by atoms with Crippen molar-refractivity contribution in [2.24, 2.45) is 5.92 Å². The summed E-state index contributed by atoms with van der Waals surface area (Å²) in [6, 6.07) is 6.13. The third-order valence-corrected chi connectivity index (χ3v) is 2.62. The van der Waals surface area contributed by atoms with Crippen molar-refractivity contribution < 1.29 is 0 Å². The fourth-order valence-electron chi connectivity index (χ4n) is 1.54. The molecule has 1 unspecified atom stereocenters. The first-order valence-electron chi connectivity index (χ1n) is 4.93. The van der Waals surface area contributed by atoms with E-state index in [1.165, 1.54) is 12.8 Å². The minimum absolute atomic E-state index is 0.428. The maximum atomic E-state index is 8.86. The lowest BCUT2D eigenvalue weighted by Gasteiger charge is -2.13. The lowest BCUT2D eigenvalue weighted by atomic mass is 10.2. The zero-order valence-corrected chi connectivity index (χ0v) is 8.20. The molecule has 2 rings (SSSR count). The molecular formula is C11H13N3. The van der Waals surface area contributed by atoms with Gasteiger partial charge >= 0.3 is 0 Å². The van der Waals surface area contributed by atoms with Crippen molar-refractivity contribution >= 4 is 5.82 Å². The van der Waals surface area contributed by atoms with E-state index in [-0.39, 0.29) is 0 Å². The van der Waals surface area contributed by atoms with Gasteiger partial charge in [-0.2, -0.15) is 5.26 Å². The van der Waals surface area contributed by atoms with Gasteiger partial charge in [0.1, 0.15) is 11.9 Å². The lowest BCUT2D eigenvalue weighted by molar-refractivity contribution is 0.690. The second-order valence-corrected chi connectivity index (χ2v) is 3.78. The van der Waals surface area contributed by atoms with Gasteiger partial charge in [-0.25, -0.2) is 4.98 Å². The van der Waals surface area contributed by atoms with Gasteiger partial charge in [-0.1, -0.05) is 0 Å². The van der Waals surface area contributed by atoms with Gasteiger partial charge in [-0.05, 0) is 37.8 Å². The van der Waals surface area contributed by atoms with Gasteiger partial charge < -0.3 is 5.32 Å². The van der Waals surface area contributed by atoms with Crippen LogP contribution in [0, 0.1) is 17.2 Å². The number of hydrogen-bond donors (Lipinski definition) is 1. The molecule has 14 heavy (non-hydrogen) atoms. The molecule has 0 saturated heterocycles. The lowest BCUT2D eigenvalue weighted by Crippen LogP contribution is -2.18. The highest BCUT2D eigenvalue weighted by atomic mass is 15.0. The molecule has 72 valence electrons. The van der Waals surface area contributed by atoms with Crippen LogP contribution in [0.15, 0.2) is 18.3 Å². The Bertz CT molecular complexity index is 363. The van der Waals surface area contributed by atoms with E-state index in [1.54, 1.807) is 18.3 Å². The number of nitrogens with one attached hydrogen (secondary N) is 1. The standard InChI is InChI=1S/C11H13N3/c1-8(9-4-5-9)14-11-10(7-12)3-2-6-13-11/h2-3,6,8-9H,4-5H2,1H3,(H,13,14). The van der Waals surface area contributed by atoms with E-state index >= 15 is 0 Å². The van der Waals surface area contributed by atoms with Crippen molar-refractivity contribution in [1.29, 1.82) is 5.26 Å². The Labute approximate surface area is 83.8 Å². The highest BCUT2D eigenvalue weighted by Crippen LogP contribution is 2.33. The summed E-state index contributed by atoms with van der Waals surface area (Å²) in [6.45, 7) is 2.15. The highest BCUT2D eigenvalue weighted by molar-refractivity contribution is 5.51. The molecule has 1 heterocycles. The van der Waals surface area contributed by atoms with Crippen molar-refractivity contribution in [2.45, 2.75) is 25.8 Å². The number of pyridine rings is 1. The molecule has 1 aromatic rings. The second kappa shape index (κ2) is 3.67. The van der Waals surface area contributed by atoms with E-state index in [1.807, 2.05) is 0 Å². The van der Waals surface area contributed by atoms with Crippen molar-refractivity contribution in [3.8, 4) is 6.07 Å². The molecule has 1 N–H and O–H groups in total. The second-order valence-electron chi connectivity index (χ2n) is 3.78. The van der Waals surface area contributed by atoms with Crippen LogP contribution < -0.4 is 5.32 Å². The summed E-state index contributed by atoms with van der Waals surface area (Å²) in [4.78, 5) is 4.17. The monoisotopic (exact) mass is 187 g/mol. The van der Waals surface area contributed by atoms with Crippen molar-refractivity contribution in [3.05, 3.63) is 23.9 Å². The summed E-state index contributed by atoms with van der Waals surface area (Å²) in [5, 5.41) is 12.1. The van der Waals surface area contributed by atoms with Crippen molar-refractivity contribution in [2.75, 3.05) is 5.32 Å². The average molecular weight is 187 g/mol. The molecule has 0 radical (unpaired) electrons. The first kappa shape index (κ1) is 9.01. The predicted octanol–water partition coefficient (Wildman–Crippen LogP) is 2.16. The zero-order chi connectivity index (χ0) is 9.97. The SMILES string of the molecule is CC(Nc1ncccc1C#N)C1CC1. The first-order chi connectivity index (χ1) is 6.81. The van der Waals surface area contributed by atoms with Crippen LogP contribution in [0.5, 0.6) is 0 Å². The molecule has 0 bridgehead atoms. The molecule has 1 fully saturated rings. The number of nitrogens with zero attached hydrogens (tertiary/aromatic N) is 2. The van der Waals surface area contributed by atoms with Gasteiger partial charge in [0, 0.05) is 12.2 Å². The number of aromatic nitrogens is 1. The van der Waals surface area contributed by atoms with E-state index in [0.717, 1.165) is 11.7 Å². The summed E-state index contributed by atoms with van der Waals surface area (Å²) < 4.78 is 0. The number of rotatable bonds is 3. The van der Waals surface area contributed by atoms with Crippen LogP contribution in [0.2, 0.25) is 0 Å². The molecule has 3 heteroatoms. The van der Waals surface area contributed by atoms with Gasteiger partial charge in [-0.3, -0.25) is 0 Å². The molecule has 1 aliphatic carbocycles. The van der Waals surface area contributed by atoms with E-state index in [4.69, 9.17) is 5.26 Å². The minimum atomic E-state index is 0.428. The largest absolute Gasteiger partial charge is 0.366 e. The topological polar surface area (TPSA) is 48.7 Å². The third kappa shape index (κ3) is 1.85. The summed E-state index contributed by atoms with van der Waals surface area (Å²) in [6.07, 6.45) is 4.30. The zero-order valence-electron chi connectivity index (χ0n) is 8.20. The maximum absolute atomic E-state index is 8.86. The Morgan fingerprint density at radius 1 is 1.64 bits per heavy atom. The number of anilines is 1. The van der Waals surface area contributed by atoms with Crippen LogP contribution >= 0.6 is 0 Å². The summed E-state index contributed by atoms with van der Waals surface area (Å²) in [7, 11) is 0. The summed E-state index contributed by atoms with van der Waals surface area (Å²) in [5.41, 5.74) is 0.625. The maximum Gasteiger partial charge on any atom is 0.144 e. The molecule has 0 aromatic carbocycles. The number of nitriles is 1. The van der Waals surface area contributed by atoms with Crippen LogP contribution in [0.4, 0.5) is 5.82 Å². The molecule has 1 atom stereocenters. The van der Waals surface area contributed by atoms with Crippen LogP contribution in [-0.4, -0.2) is 11.0 Å². The summed E-state index contributed by atoms with van der Waals surface area (Å²) >= 11 is 0. The van der Waals surface area contributed by atoms with Crippen LogP contribution in [0.25, 0.3) is 0 Å². The van der Waals surface area contributed by atoms with Crippen molar-refractivity contribution in [3.63, 3.8) is 0 Å². The van der Waals surface area contributed by atoms with E-state index in [0.29, 0.717) is 11.6 Å². The quantitative estimate of drug-likeness (QED) is 0.788. The van der Waals surface area contributed by atoms with Gasteiger partial charge in [0.25, 0.3) is 0 Å². The number of hydrogen-bond acceptors (Lipinski definition) is 3. The predicted molar refractivity (Wildman–Crippen MR) is 54.8 cm³/mol. The Morgan fingerprint density at radius 3 is 3.07 bits per heavy atom. The van der Waals surface area contributed by atoms with Crippen LogP contribution in [0.3, 0.4) is 0 Å². The molecule has 1 aliphatic rings. The Morgan fingerprint density at radius 2 is 2.43 bits per heavy atom. The van der Waals surface area contributed by atoms with Crippen LogP contribution in [0.1, 0.15) is 25.3 Å². The third-order valence-electron chi connectivity index (χ3n) is 2.62. The fraction of sp³-hybridized carbons (Fsp3) is 0.455. The van der Waals surface area contributed by atoms with E-state index < -0.39 is 0 Å². The Balaban J connectivity index is 2.11. The highest BCUT2D eigenvalue weighted by Gasteiger charge is 2.28. The van der Waals surface area contributed by atoms with E-state index in [2.05, 4.69) is 23.3 Å². The average Bonchev–Trinajstić information content (AvgIpc) is 3.02. The molecule has 0 amide bonds.